The largest absolute Gasteiger partial charge is 0.477 e. The van der Waals surface area contributed by atoms with Crippen molar-refractivity contribution in [1.29, 1.82) is 0 Å². The van der Waals surface area contributed by atoms with E-state index in [1.165, 1.54) is 11.3 Å². The van der Waals surface area contributed by atoms with Crippen LogP contribution in [0.25, 0.3) is 10.6 Å². The number of ether oxygens (including phenoxy) is 2. The van der Waals surface area contributed by atoms with Crippen molar-refractivity contribution in [1.82, 2.24) is 30.2 Å². The van der Waals surface area contributed by atoms with Crippen LogP contribution in [-0.2, 0) is 15.7 Å². The van der Waals surface area contributed by atoms with Crippen LogP contribution in [0.5, 0.6) is 5.88 Å². The van der Waals surface area contributed by atoms with Gasteiger partial charge in [-0.3, -0.25) is 19.7 Å². The summed E-state index contributed by atoms with van der Waals surface area (Å²) in [7, 11) is 0.930. The summed E-state index contributed by atoms with van der Waals surface area (Å²) >= 11 is 1.24. The predicted molar refractivity (Wildman–Crippen MR) is 145 cm³/mol. The molecule has 3 unspecified atom stereocenters. The smallest absolute Gasteiger partial charge is 0.280 e. The van der Waals surface area contributed by atoms with Crippen LogP contribution >= 0.6 is 11.3 Å². The Morgan fingerprint density at radius 1 is 1.32 bits per heavy atom. The molecule has 202 valence electrons. The van der Waals surface area contributed by atoms with Crippen LogP contribution in [0.2, 0.25) is 0 Å². The van der Waals surface area contributed by atoms with E-state index < -0.39 is 17.0 Å². The summed E-state index contributed by atoms with van der Waals surface area (Å²) in [6.07, 6.45) is 9.01. The lowest BCUT2D eigenvalue weighted by atomic mass is 10.0. The highest BCUT2D eigenvalue weighted by atomic mass is 32.2. The van der Waals surface area contributed by atoms with Crippen LogP contribution in [0.3, 0.4) is 0 Å². The number of hydrogen-bond donors (Lipinski definition) is 2. The van der Waals surface area contributed by atoms with Crippen molar-refractivity contribution in [3.63, 3.8) is 0 Å². The number of pyridine rings is 1. The van der Waals surface area contributed by atoms with E-state index in [0.29, 0.717) is 53.4 Å². The maximum absolute atomic E-state index is 13.4. The van der Waals surface area contributed by atoms with E-state index in [-0.39, 0.29) is 17.2 Å². The quantitative estimate of drug-likeness (QED) is 0.365. The first kappa shape index (κ1) is 26.6. The number of amides is 1. The monoisotopic (exact) mass is 557 g/mol. The number of aromatic nitrogens is 4. The molecule has 0 radical (unpaired) electrons. The lowest BCUT2D eigenvalue weighted by molar-refractivity contribution is -0.000819. The third-order valence-corrected chi connectivity index (χ3v) is 8.91. The molecular weight excluding hydrogens is 526 g/mol. The zero-order valence-electron chi connectivity index (χ0n) is 21.3. The Hall–Kier alpha value is -3.00. The van der Waals surface area contributed by atoms with Gasteiger partial charge in [-0.15, -0.1) is 11.3 Å². The van der Waals surface area contributed by atoms with Gasteiger partial charge in [0.15, 0.2) is 5.01 Å². The Morgan fingerprint density at radius 3 is 2.97 bits per heavy atom. The van der Waals surface area contributed by atoms with Crippen LogP contribution < -0.4 is 14.8 Å². The summed E-state index contributed by atoms with van der Waals surface area (Å²) in [5.41, 5.74) is 1.99. The third-order valence-electron chi connectivity index (χ3n) is 6.38. The second-order valence-electron chi connectivity index (χ2n) is 9.24. The summed E-state index contributed by atoms with van der Waals surface area (Å²) in [5.74, 6) is 0.117. The summed E-state index contributed by atoms with van der Waals surface area (Å²) < 4.78 is 26.6. The van der Waals surface area contributed by atoms with E-state index in [0.717, 1.165) is 25.1 Å². The van der Waals surface area contributed by atoms with E-state index >= 15 is 0 Å². The third kappa shape index (κ3) is 6.70. The molecule has 1 saturated carbocycles. The van der Waals surface area contributed by atoms with E-state index in [9.17, 15) is 9.00 Å². The van der Waals surface area contributed by atoms with Crippen molar-refractivity contribution in [3.05, 3.63) is 47.6 Å². The van der Waals surface area contributed by atoms with Gasteiger partial charge in [0.2, 0.25) is 5.88 Å². The second kappa shape index (κ2) is 12.2. The molecule has 13 heteroatoms. The maximum Gasteiger partial charge on any atom is 0.280 e. The molecule has 1 amide bonds. The Kier molecular flexibility index (Phi) is 8.57. The van der Waals surface area contributed by atoms with Crippen molar-refractivity contribution in [3.8, 4) is 16.5 Å². The van der Waals surface area contributed by atoms with Crippen LogP contribution in [-0.4, -0.2) is 79.7 Å². The Morgan fingerprint density at radius 2 is 2.18 bits per heavy atom. The highest BCUT2D eigenvalue weighted by Crippen LogP contribution is 2.29. The Labute approximate surface area is 228 Å². The van der Waals surface area contributed by atoms with Gasteiger partial charge in [-0.2, -0.15) is 0 Å². The summed E-state index contributed by atoms with van der Waals surface area (Å²) in [5, 5.41) is 3.64. The average Bonchev–Trinajstić information content (AvgIpc) is 3.66. The van der Waals surface area contributed by atoms with Crippen molar-refractivity contribution >= 4 is 33.9 Å². The number of carbonyl (C=O) groups excluding carboxylic acids is 1. The summed E-state index contributed by atoms with van der Waals surface area (Å²) in [6, 6.07) is 3.36. The molecule has 0 bridgehead atoms. The molecule has 2 N–H and O–H groups in total. The molecule has 1 aliphatic carbocycles. The van der Waals surface area contributed by atoms with E-state index in [2.05, 4.69) is 41.9 Å². The first-order valence-electron chi connectivity index (χ1n) is 12.6. The Bertz CT molecular complexity index is 1290. The van der Waals surface area contributed by atoms with E-state index in [1.54, 1.807) is 30.9 Å². The van der Waals surface area contributed by atoms with Crippen LogP contribution in [0, 0.1) is 0 Å². The number of nitrogens with zero attached hydrogens (tertiary/aromatic N) is 5. The number of nitrogens with one attached hydrogen (secondary N) is 2. The number of likely N-dealkylation sites (N-methyl/N-ethyl adjacent to an activating group) is 1. The van der Waals surface area contributed by atoms with Crippen LogP contribution in [0.4, 0.5) is 5.69 Å². The lowest BCUT2D eigenvalue weighted by Gasteiger charge is -2.34. The predicted octanol–water partition coefficient (Wildman–Crippen LogP) is 2.82. The molecular formula is C25H31N7O4S2. The fourth-order valence-electron chi connectivity index (χ4n) is 4.10. The number of carbonyl (C=O) groups is 1. The maximum atomic E-state index is 13.4. The molecule has 3 aromatic rings. The van der Waals surface area contributed by atoms with Gasteiger partial charge in [-0.25, -0.2) is 14.2 Å². The van der Waals surface area contributed by atoms with Crippen LogP contribution in [0.15, 0.2) is 36.9 Å². The molecule has 38 heavy (non-hydrogen) atoms. The van der Waals surface area contributed by atoms with Crippen molar-refractivity contribution < 1.29 is 18.5 Å². The fourth-order valence-corrected chi connectivity index (χ4v) is 5.96. The van der Waals surface area contributed by atoms with Gasteiger partial charge in [0.05, 0.1) is 54.1 Å². The number of morpholine rings is 1. The van der Waals surface area contributed by atoms with Crippen LogP contribution in [0.1, 0.15) is 47.7 Å². The molecule has 1 aliphatic heterocycles. The first-order chi connectivity index (χ1) is 18.5. The molecule has 2 fully saturated rings. The van der Waals surface area contributed by atoms with Crippen molar-refractivity contribution in [2.75, 3.05) is 38.1 Å². The van der Waals surface area contributed by atoms with E-state index in [1.807, 2.05) is 13.0 Å². The first-order valence-corrected chi connectivity index (χ1v) is 14.7. The highest BCUT2D eigenvalue weighted by molar-refractivity contribution is 7.87. The number of thiazole rings is 1. The minimum atomic E-state index is -1.13. The second-order valence-corrected chi connectivity index (χ2v) is 11.7. The van der Waals surface area contributed by atoms with Gasteiger partial charge >= 0.3 is 0 Å². The molecule has 2 aliphatic rings. The number of anilines is 1. The fraction of sp³-hybridized carbons (Fsp3) is 0.480. The SMILES string of the molecule is CCOc1cncc(-c2cnc(C(=O)NC(CC3COCCN3C)c3cc(NS(=O)C4CC4)ccn3)s2)n1. The summed E-state index contributed by atoms with van der Waals surface area (Å²) in [6.45, 7) is 4.44. The van der Waals surface area contributed by atoms with Gasteiger partial charge in [0, 0.05) is 30.7 Å². The minimum Gasteiger partial charge on any atom is -0.477 e. The molecule has 3 atom stereocenters. The molecule has 11 nitrogen and oxygen atoms in total. The molecule has 5 rings (SSSR count). The highest BCUT2D eigenvalue weighted by Gasteiger charge is 2.30. The Balaban J connectivity index is 1.35. The normalized spacial score (nSPS) is 19.5. The topological polar surface area (TPSA) is 131 Å². The zero-order chi connectivity index (χ0) is 26.5. The average molecular weight is 558 g/mol. The van der Waals surface area contributed by atoms with Gasteiger partial charge in [0.1, 0.15) is 16.7 Å². The van der Waals surface area contributed by atoms with E-state index in [4.69, 9.17) is 9.47 Å². The zero-order valence-corrected chi connectivity index (χ0v) is 23.0. The molecule has 0 aromatic carbocycles. The molecule has 1 saturated heterocycles. The van der Waals surface area contributed by atoms with Gasteiger partial charge in [-0.1, -0.05) is 0 Å². The van der Waals surface area contributed by atoms with Crippen molar-refractivity contribution in [2.24, 2.45) is 0 Å². The number of rotatable bonds is 11. The van der Waals surface area contributed by atoms with Crippen molar-refractivity contribution in [2.45, 2.75) is 43.5 Å². The molecule has 0 spiro atoms. The van der Waals surface area contributed by atoms with Gasteiger partial charge in [0.25, 0.3) is 5.91 Å². The van der Waals surface area contributed by atoms with Gasteiger partial charge in [-0.05, 0) is 45.4 Å². The summed E-state index contributed by atoms with van der Waals surface area (Å²) in [4.78, 5) is 33.8. The lowest BCUT2D eigenvalue weighted by Crippen LogP contribution is -2.45. The molecule has 3 aromatic heterocycles. The molecule has 4 heterocycles. The minimum absolute atomic E-state index is 0.108. The van der Waals surface area contributed by atoms with Gasteiger partial charge < -0.3 is 19.5 Å². The standard InChI is InChI=1S/C25H31N7O4S2/c1-3-36-23-14-26-12-21(29-23)22-13-28-25(37-22)24(33)30-20(11-17-15-35-9-8-32(17)2)19-10-16(6-7-27-19)31-38(34)18-4-5-18/h6-7,10,12-14,17-18,20H,3-5,8-9,11,15H2,1-2H3,(H,27,31)(H,30,33). The number of hydrogen-bond acceptors (Lipinski definition) is 10.